The third kappa shape index (κ3) is 4.79. The van der Waals surface area contributed by atoms with Crippen molar-refractivity contribution in [3.05, 3.63) is 83.8 Å². The number of hydrogen-bond donors (Lipinski definition) is 1. The second-order valence-electron chi connectivity index (χ2n) is 5.61. The van der Waals surface area contributed by atoms with Gasteiger partial charge < -0.3 is 4.42 Å². The van der Waals surface area contributed by atoms with Crippen molar-refractivity contribution in [1.82, 2.24) is 5.43 Å². The van der Waals surface area contributed by atoms with Crippen LogP contribution >= 0.6 is 11.6 Å². The zero-order valence-corrected chi connectivity index (χ0v) is 16.1. The van der Waals surface area contributed by atoms with Gasteiger partial charge in [0.2, 0.25) is 0 Å². The summed E-state index contributed by atoms with van der Waals surface area (Å²) >= 11 is 5.85. The van der Waals surface area contributed by atoms with Crippen molar-refractivity contribution in [1.29, 1.82) is 0 Å². The lowest BCUT2D eigenvalue weighted by Gasteiger charge is -2.23. The fraction of sp³-hybridized carbons (Fsp3) is 0.0526. The van der Waals surface area contributed by atoms with E-state index in [1.54, 1.807) is 42.5 Å². The van der Waals surface area contributed by atoms with E-state index in [1.165, 1.54) is 36.7 Å². The summed E-state index contributed by atoms with van der Waals surface area (Å²) in [5.74, 6) is -0.154. The van der Waals surface area contributed by atoms with Crippen molar-refractivity contribution in [3.8, 4) is 0 Å². The van der Waals surface area contributed by atoms with Crippen LogP contribution in [0.3, 0.4) is 0 Å². The zero-order chi connectivity index (χ0) is 20.0. The summed E-state index contributed by atoms with van der Waals surface area (Å²) in [5.41, 5.74) is 2.65. The first-order valence-electron chi connectivity index (χ1n) is 8.15. The number of hydrogen-bond acceptors (Lipinski definition) is 5. The number of carbonyl (C=O) groups excluding carboxylic acids is 1. The number of carbonyl (C=O) groups is 1. The second kappa shape index (κ2) is 8.73. The largest absolute Gasteiger partial charge is 0.463 e. The van der Waals surface area contributed by atoms with Crippen LogP contribution in [0.4, 0.5) is 5.69 Å². The highest BCUT2D eigenvalue weighted by atomic mass is 35.5. The van der Waals surface area contributed by atoms with Crippen LogP contribution in [0.1, 0.15) is 5.76 Å². The predicted octanol–water partition coefficient (Wildman–Crippen LogP) is 3.28. The Balaban J connectivity index is 1.83. The molecule has 9 heteroatoms. The summed E-state index contributed by atoms with van der Waals surface area (Å²) in [7, 11) is -3.99. The van der Waals surface area contributed by atoms with Gasteiger partial charge in [0.25, 0.3) is 15.9 Å². The molecule has 1 aromatic heterocycles. The lowest BCUT2D eigenvalue weighted by atomic mass is 10.3. The molecule has 0 atom stereocenters. The Bertz CT molecular complexity index is 1050. The van der Waals surface area contributed by atoms with Crippen LogP contribution in [0.15, 0.2) is 87.4 Å². The van der Waals surface area contributed by atoms with Gasteiger partial charge in [0.15, 0.2) is 0 Å². The first-order chi connectivity index (χ1) is 13.5. The van der Waals surface area contributed by atoms with Gasteiger partial charge in [0.1, 0.15) is 12.3 Å². The molecule has 0 aliphatic heterocycles. The Morgan fingerprint density at radius 3 is 2.43 bits per heavy atom. The van der Waals surface area contributed by atoms with Crippen LogP contribution in [0, 0.1) is 0 Å². The van der Waals surface area contributed by atoms with E-state index in [4.69, 9.17) is 16.0 Å². The molecular formula is C19H16ClN3O4S. The molecule has 0 spiro atoms. The van der Waals surface area contributed by atoms with Gasteiger partial charge in [-0.05, 0) is 48.5 Å². The number of furan rings is 1. The highest BCUT2D eigenvalue weighted by Gasteiger charge is 2.27. The van der Waals surface area contributed by atoms with E-state index in [-0.39, 0.29) is 4.90 Å². The number of hydrazone groups is 1. The third-order valence-electron chi connectivity index (χ3n) is 3.66. The number of sulfonamides is 1. The van der Waals surface area contributed by atoms with Gasteiger partial charge in [-0.1, -0.05) is 29.8 Å². The maximum Gasteiger partial charge on any atom is 0.264 e. The molecule has 144 valence electrons. The standard InChI is InChI=1S/C19H16ClN3O4S/c20-15-8-10-18(11-9-15)28(25,26)23(16-5-2-1-3-6-16)14-19(24)22-21-13-17-7-4-12-27-17/h1-13H,14H2,(H,22,24)/b21-13-. The molecule has 7 nitrogen and oxygen atoms in total. The molecule has 3 aromatic rings. The van der Waals surface area contributed by atoms with Gasteiger partial charge >= 0.3 is 0 Å². The average molecular weight is 418 g/mol. The van der Waals surface area contributed by atoms with Gasteiger partial charge in [0.05, 0.1) is 23.1 Å². The summed E-state index contributed by atoms with van der Waals surface area (Å²) in [6.07, 6.45) is 2.79. The number of anilines is 1. The number of nitrogens with zero attached hydrogens (tertiary/aromatic N) is 2. The molecule has 28 heavy (non-hydrogen) atoms. The molecule has 0 unspecified atom stereocenters. The van der Waals surface area contributed by atoms with Crippen LogP contribution in [0.2, 0.25) is 5.02 Å². The first kappa shape index (κ1) is 19.7. The molecule has 0 aliphatic carbocycles. The smallest absolute Gasteiger partial charge is 0.264 e. The van der Waals surface area contributed by atoms with Gasteiger partial charge in [0, 0.05) is 5.02 Å². The molecule has 3 rings (SSSR count). The quantitative estimate of drug-likeness (QED) is 0.471. The molecule has 1 heterocycles. The molecule has 0 saturated heterocycles. The van der Waals surface area contributed by atoms with E-state index in [0.717, 1.165) is 4.31 Å². The number of halogens is 1. The minimum atomic E-state index is -3.99. The zero-order valence-electron chi connectivity index (χ0n) is 14.5. The highest BCUT2D eigenvalue weighted by molar-refractivity contribution is 7.92. The van der Waals surface area contributed by atoms with E-state index < -0.39 is 22.5 Å². The van der Waals surface area contributed by atoms with Crippen molar-refractivity contribution in [2.75, 3.05) is 10.8 Å². The van der Waals surface area contributed by atoms with Crippen molar-refractivity contribution in [3.63, 3.8) is 0 Å². The van der Waals surface area contributed by atoms with Gasteiger partial charge in [-0.15, -0.1) is 0 Å². The summed E-state index contributed by atoms with van der Waals surface area (Å²) in [4.78, 5) is 12.3. The molecule has 0 bridgehead atoms. The lowest BCUT2D eigenvalue weighted by Crippen LogP contribution is -2.39. The number of benzene rings is 2. The van der Waals surface area contributed by atoms with Crippen LogP contribution < -0.4 is 9.73 Å². The molecule has 1 amide bonds. The Kier molecular flexibility index (Phi) is 6.13. The van der Waals surface area contributed by atoms with E-state index in [2.05, 4.69) is 10.5 Å². The fourth-order valence-electron chi connectivity index (χ4n) is 2.34. The Labute approximate surface area is 167 Å². The molecule has 0 aliphatic rings. The van der Waals surface area contributed by atoms with E-state index in [0.29, 0.717) is 16.5 Å². The minimum absolute atomic E-state index is 0.0210. The molecular weight excluding hydrogens is 402 g/mol. The monoisotopic (exact) mass is 417 g/mol. The summed E-state index contributed by atoms with van der Waals surface area (Å²) in [6, 6.07) is 17.4. The van der Waals surface area contributed by atoms with Crippen molar-refractivity contribution in [2.24, 2.45) is 5.10 Å². The van der Waals surface area contributed by atoms with E-state index in [1.807, 2.05) is 0 Å². The molecule has 0 saturated carbocycles. The Hall–Kier alpha value is -3.10. The highest BCUT2D eigenvalue weighted by Crippen LogP contribution is 2.24. The average Bonchev–Trinajstić information content (AvgIpc) is 3.20. The maximum absolute atomic E-state index is 13.1. The number of nitrogens with one attached hydrogen (secondary N) is 1. The van der Waals surface area contributed by atoms with Crippen LogP contribution in [-0.2, 0) is 14.8 Å². The van der Waals surface area contributed by atoms with Gasteiger partial charge in [-0.3, -0.25) is 9.10 Å². The summed E-state index contributed by atoms with van der Waals surface area (Å²) < 4.78 is 32.3. The SMILES string of the molecule is O=C(CN(c1ccccc1)S(=O)(=O)c1ccc(Cl)cc1)N/N=C\c1ccco1. The summed E-state index contributed by atoms with van der Waals surface area (Å²) in [6.45, 7) is -0.454. The minimum Gasteiger partial charge on any atom is -0.463 e. The molecule has 1 N–H and O–H groups in total. The maximum atomic E-state index is 13.1. The topological polar surface area (TPSA) is 92.0 Å². The normalized spacial score (nSPS) is 11.5. The van der Waals surface area contributed by atoms with E-state index in [9.17, 15) is 13.2 Å². The Morgan fingerprint density at radius 1 is 1.07 bits per heavy atom. The fourth-order valence-corrected chi connectivity index (χ4v) is 3.89. The van der Waals surface area contributed by atoms with Crippen LogP contribution in [0.5, 0.6) is 0 Å². The number of rotatable bonds is 7. The molecule has 2 aromatic carbocycles. The first-order valence-corrected chi connectivity index (χ1v) is 9.97. The predicted molar refractivity (Wildman–Crippen MR) is 107 cm³/mol. The van der Waals surface area contributed by atoms with Crippen LogP contribution in [0.25, 0.3) is 0 Å². The number of para-hydroxylation sites is 1. The van der Waals surface area contributed by atoms with Crippen molar-refractivity contribution in [2.45, 2.75) is 4.90 Å². The molecule has 0 radical (unpaired) electrons. The van der Waals surface area contributed by atoms with Crippen LogP contribution in [-0.4, -0.2) is 27.1 Å². The van der Waals surface area contributed by atoms with Gasteiger partial charge in [-0.2, -0.15) is 5.10 Å². The second-order valence-corrected chi connectivity index (χ2v) is 7.91. The lowest BCUT2D eigenvalue weighted by molar-refractivity contribution is -0.119. The van der Waals surface area contributed by atoms with Crippen molar-refractivity contribution < 1.29 is 17.6 Å². The van der Waals surface area contributed by atoms with Gasteiger partial charge in [-0.25, -0.2) is 13.8 Å². The Morgan fingerprint density at radius 2 is 1.79 bits per heavy atom. The van der Waals surface area contributed by atoms with E-state index >= 15 is 0 Å². The van der Waals surface area contributed by atoms with Crippen molar-refractivity contribution >= 4 is 39.4 Å². The molecule has 0 fully saturated rings. The third-order valence-corrected chi connectivity index (χ3v) is 5.70. The number of amides is 1. The summed E-state index contributed by atoms with van der Waals surface area (Å²) in [5, 5.41) is 4.18.